The summed E-state index contributed by atoms with van der Waals surface area (Å²) in [6, 6.07) is 0.410. The number of amides is 1. The number of carbonyl (C=O) groups is 1. The van der Waals surface area contributed by atoms with Crippen LogP contribution < -0.4 is 10.6 Å². The van der Waals surface area contributed by atoms with Crippen molar-refractivity contribution in [3.05, 3.63) is 0 Å². The van der Waals surface area contributed by atoms with Gasteiger partial charge in [-0.15, -0.1) is 0 Å². The van der Waals surface area contributed by atoms with Crippen LogP contribution in [0.4, 0.5) is 0 Å². The predicted octanol–water partition coefficient (Wildman–Crippen LogP) is -0.425. The highest BCUT2D eigenvalue weighted by molar-refractivity contribution is 5.76. The average molecular weight is 241 g/mol. The summed E-state index contributed by atoms with van der Waals surface area (Å²) < 4.78 is 5.73. The lowest BCUT2D eigenvalue weighted by atomic mass is 10.1. The summed E-state index contributed by atoms with van der Waals surface area (Å²) in [5.41, 5.74) is 0. The summed E-state index contributed by atoms with van der Waals surface area (Å²) >= 11 is 0. The van der Waals surface area contributed by atoms with Crippen molar-refractivity contribution in [2.45, 2.75) is 31.9 Å². The van der Waals surface area contributed by atoms with Crippen molar-refractivity contribution >= 4 is 5.91 Å². The molecule has 1 amide bonds. The molecule has 2 aliphatic rings. The van der Waals surface area contributed by atoms with E-state index in [2.05, 4.69) is 22.5 Å². The molecular formula is C12H23N3O2. The Kier molecular flexibility index (Phi) is 4.76. The molecule has 2 aliphatic heterocycles. The van der Waals surface area contributed by atoms with Gasteiger partial charge in [0.05, 0.1) is 12.7 Å². The molecule has 2 rings (SSSR count). The first-order valence-electron chi connectivity index (χ1n) is 6.62. The molecule has 5 nitrogen and oxygen atoms in total. The van der Waals surface area contributed by atoms with Gasteiger partial charge in [0.25, 0.3) is 0 Å². The molecule has 0 bridgehead atoms. The lowest BCUT2D eigenvalue weighted by molar-refractivity contribution is -0.122. The Bertz CT molecular complexity index is 250. The molecule has 2 heterocycles. The first-order valence-corrected chi connectivity index (χ1v) is 6.62. The van der Waals surface area contributed by atoms with Crippen LogP contribution in [0.3, 0.4) is 0 Å². The zero-order chi connectivity index (χ0) is 12.1. The van der Waals surface area contributed by atoms with E-state index < -0.39 is 0 Å². The van der Waals surface area contributed by atoms with Crippen molar-refractivity contribution in [1.82, 2.24) is 15.5 Å². The lowest BCUT2D eigenvalue weighted by Gasteiger charge is -2.33. The Labute approximate surface area is 103 Å². The maximum absolute atomic E-state index is 11.0. The molecule has 0 aromatic rings. The van der Waals surface area contributed by atoms with Gasteiger partial charge in [-0.25, -0.2) is 0 Å². The molecule has 0 aliphatic carbocycles. The Balaban J connectivity index is 1.65. The standard InChI is InChI=1S/C12H23N3O2/c1-2-15-5-6-17-11(9-15)8-13-10-3-4-12(16)14-7-10/h10-11,13H,2-9H2,1H3,(H,14,16). The van der Waals surface area contributed by atoms with Crippen LogP contribution in [0.25, 0.3) is 0 Å². The van der Waals surface area contributed by atoms with Gasteiger partial charge in [-0.2, -0.15) is 0 Å². The third kappa shape index (κ3) is 3.94. The van der Waals surface area contributed by atoms with E-state index in [1.54, 1.807) is 0 Å². The molecule has 0 radical (unpaired) electrons. The van der Waals surface area contributed by atoms with Crippen LogP contribution in [0.15, 0.2) is 0 Å². The van der Waals surface area contributed by atoms with E-state index in [4.69, 9.17) is 4.74 Å². The number of carbonyl (C=O) groups excluding carboxylic acids is 1. The second-order valence-corrected chi connectivity index (χ2v) is 4.83. The van der Waals surface area contributed by atoms with Crippen LogP contribution in [0.5, 0.6) is 0 Å². The van der Waals surface area contributed by atoms with Crippen molar-refractivity contribution in [3.63, 3.8) is 0 Å². The molecule has 2 atom stereocenters. The van der Waals surface area contributed by atoms with Gasteiger partial charge in [0.2, 0.25) is 5.91 Å². The third-order valence-corrected chi connectivity index (χ3v) is 3.57. The van der Waals surface area contributed by atoms with Crippen molar-refractivity contribution in [2.75, 3.05) is 39.3 Å². The molecule has 0 spiro atoms. The highest BCUT2D eigenvalue weighted by Gasteiger charge is 2.22. The minimum Gasteiger partial charge on any atom is -0.374 e. The Morgan fingerprint density at radius 3 is 3.18 bits per heavy atom. The quantitative estimate of drug-likeness (QED) is 0.701. The molecular weight excluding hydrogens is 218 g/mol. The van der Waals surface area contributed by atoms with Crippen LogP contribution >= 0.6 is 0 Å². The highest BCUT2D eigenvalue weighted by Crippen LogP contribution is 2.06. The lowest BCUT2D eigenvalue weighted by Crippen LogP contribution is -2.51. The van der Waals surface area contributed by atoms with Crippen molar-refractivity contribution in [2.24, 2.45) is 0 Å². The molecule has 0 aromatic heterocycles. The summed E-state index contributed by atoms with van der Waals surface area (Å²) in [7, 11) is 0. The van der Waals surface area contributed by atoms with Gasteiger partial charge in [-0.05, 0) is 13.0 Å². The fraction of sp³-hybridized carbons (Fsp3) is 0.917. The minimum atomic E-state index is 0.175. The second kappa shape index (κ2) is 6.33. The van der Waals surface area contributed by atoms with Crippen molar-refractivity contribution in [3.8, 4) is 0 Å². The van der Waals surface area contributed by atoms with Gasteiger partial charge in [-0.1, -0.05) is 6.92 Å². The van der Waals surface area contributed by atoms with Crippen LogP contribution in [0.1, 0.15) is 19.8 Å². The van der Waals surface area contributed by atoms with Crippen LogP contribution in [0, 0.1) is 0 Å². The number of piperidine rings is 1. The van der Waals surface area contributed by atoms with Gasteiger partial charge in [0, 0.05) is 38.6 Å². The van der Waals surface area contributed by atoms with Crippen molar-refractivity contribution in [1.29, 1.82) is 0 Å². The molecule has 2 saturated heterocycles. The largest absolute Gasteiger partial charge is 0.374 e. The van der Waals surface area contributed by atoms with E-state index in [9.17, 15) is 4.79 Å². The predicted molar refractivity (Wildman–Crippen MR) is 65.9 cm³/mol. The Morgan fingerprint density at radius 1 is 1.59 bits per heavy atom. The fourth-order valence-corrected chi connectivity index (χ4v) is 2.40. The zero-order valence-electron chi connectivity index (χ0n) is 10.6. The molecule has 5 heteroatoms. The molecule has 98 valence electrons. The Morgan fingerprint density at radius 2 is 2.47 bits per heavy atom. The maximum atomic E-state index is 11.0. The van der Waals surface area contributed by atoms with Crippen molar-refractivity contribution < 1.29 is 9.53 Å². The van der Waals surface area contributed by atoms with E-state index in [-0.39, 0.29) is 5.91 Å². The number of ether oxygens (including phenoxy) is 1. The summed E-state index contributed by atoms with van der Waals surface area (Å²) in [5, 5.41) is 6.38. The first-order chi connectivity index (χ1) is 8.28. The molecule has 17 heavy (non-hydrogen) atoms. The Hall–Kier alpha value is -0.650. The van der Waals surface area contributed by atoms with E-state index >= 15 is 0 Å². The monoisotopic (exact) mass is 241 g/mol. The molecule has 2 unspecified atom stereocenters. The number of likely N-dealkylation sites (N-methyl/N-ethyl adjacent to an activating group) is 1. The van der Waals surface area contributed by atoms with Crippen LogP contribution in [-0.4, -0.2) is 62.3 Å². The number of hydrogen-bond acceptors (Lipinski definition) is 4. The normalized spacial score (nSPS) is 31.2. The number of nitrogens with zero attached hydrogens (tertiary/aromatic N) is 1. The van der Waals surface area contributed by atoms with Crippen LogP contribution in [0.2, 0.25) is 0 Å². The second-order valence-electron chi connectivity index (χ2n) is 4.83. The molecule has 0 saturated carbocycles. The van der Waals surface area contributed by atoms with E-state index in [0.29, 0.717) is 18.6 Å². The van der Waals surface area contributed by atoms with Gasteiger partial charge in [0.15, 0.2) is 0 Å². The summed E-state index contributed by atoms with van der Waals surface area (Å²) in [6.45, 7) is 7.82. The molecule has 2 fully saturated rings. The topological polar surface area (TPSA) is 53.6 Å². The number of hydrogen-bond donors (Lipinski definition) is 2. The average Bonchev–Trinajstić information content (AvgIpc) is 2.38. The smallest absolute Gasteiger partial charge is 0.220 e. The maximum Gasteiger partial charge on any atom is 0.220 e. The van der Waals surface area contributed by atoms with Gasteiger partial charge >= 0.3 is 0 Å². The molecule has 2 N–H and O–H groups in total. The van der Waals surface area contributed by atoms with Crippen LogP contribution in [-0.2, 0) is 9.53 Å². The minimum absolute atomic E-state index is 0.175. The zero-order valence-corrected chi connectivity index (χ0v) is 10.6. The van der Waals surface area contributed by atoms with E-state index in [0.717, 1.165) is 45.8 Å². The van der Waals surface area contributed by atoms with E-state index in [1.165, 1.54) is 0 Å². The third-order valence-electron chi connectivity index (χ3n) is 3.57. The highest BCUT2D eigenvalue weighted by atomic mass is 16.5. The molecule has 0 aromatic carbocycles. The number of nitrogens with one attached hydrogen (secondary N) is 2. The van der Waals surface area contributed by atoms with Gasteiger partial charge < -0.3 is 15.4 Å². The number of rotatable bonds is 4. The first kappa shape index (κ1) is 12.8. The number of morpholine rings is 1. The fourth-order valence-electron chi connectivity index (χ4n) is 2.40. The van der Waals surface area contributed by atoms with Gasteiger partial charge in [-0.3, -0.25) is 9.69 Å². The summed E-state index contributed by atoms with van der Waals surface area (Å²) in [5.74, 6) is 0.175. The van der Waals surface area contributed by atoms with Gasteiger partial charge in [0.1, 0.15) is 0 Å². The summed E-state index contributed by atoms with van der Waals surface area (Å²) in [4.78, 5) is 13.4. The SMILES string of the molecule is CCN1CCOC(CNC2CCC(=O)NC2)C1. The van der Waals surface area contributed by atoms with E-state index in [1.807, 2.05) is 0 Å². The summed E-state index contributed by atoms with van der Waals surface area (Å²) in [6.07, 6.45) is 1.88.